The number of nitrogens with zero attached hydrogens (tertiary/aromatic N) is 2. The maximum absolute atomic E-state index is 12.3. The predicted octanol–water partition coefficient (Wildman–Crippen LogP) is 0.580. The molecule has 0 aliphatic carbocycles. The van der Waals surface area contributed by atoms with Gasteiger partial charge in [-0.25, -0.2) is 0 Å². The van der Waals surface area contributed by atoms with Gasteiger partial charge in [-0.3, -0.25) is 9.69 Å². The van der Waals surface area contributed by atoms with Crippen LogP contribution in [0.25, 0.3) is 0 Å². The predicted molar refractivity (Wildman–Crippen MR) is 87.9 cm³/mol. The summed E-state index contributed by atoms with van der Waals surface area (Å²) in [6.45, 7) is 5.98. The summed E-state index contributed by atoms with van der Waals surface area (Å²) in [5, 5.41) is 3.37. The third-order valence-electron chi connectivity index (χ3n) is 4.59. The number of rotatable bonds is 5. The van der Waals surface area contributed by atoms with Crippen molar-refractivity contribution >= 4 is 5.91 Å². The summed E-state index contributed by atoms with van der Waals surface area (Å²) < 4.78 is 10.8. The fourth-order valence-corrected chi connectivity index (χ4v) is 3.24. The van der Waals surface area contributed by atoms with E-state index in [0.717, 1.165) is 51.4 Å². The Morgan fingerprint density at radius 3 is 2.83 bits per heavy atom. The van der Waals surface area contributed by atoms with Crippen LogP contribution in [0.1, 0.15) is 6.42 Å². The van der Waals surface area contributed by atoms with E-state index in [9.17, 15) is 4.79 Å². The van der Waals surface area contributed by atoms with Crippen LogP contribution in [0.15, 0.2) is 24.3 Å². The van der Waals surface area contributed by atoms with Crippen LogP contribution >= 0.6 is 0 Å². The van der Waals surface area contributed by atoms with E-state index in [4.69, 9.17) is 9.47 Å². The Kier molecular flexibility index (Phi) is 5.35. The molecule has 2 fully saturated rings. The molecule has 2 aliphatic heterocycles. The van der Waals surface area contributed by atoms with Gasteiger partial charge < -0.3 is 19.7 Å². The van der Waals surface area contributed by atoms with E-state index in [-0.39, 0.29) is 12.5 Å². The molecular weight excluding hydrogens is 294 g/mol. The van der Waals surface area contributed by atoms with Crippen molar-refractivity contribution in [3.05, 3.63) is 24.3 Å². The summed E-state index contributed by atoms with van der Waals surface area (Å²) in [5.41, 5.74) is 0. The molecule has 3 rings (SSSR count). The van der Waals surface area contributed by atoms with E-state index in [2.05, 4.69) is 10.2 Å². The number of benzene rings is 1. The van der Waals surface area contributed by atoms with Crippen LogP contribution in [0.3, 0.4) is 0 Å². The molecule has 23 heavy (non-hydrogen) atoms. The van der Waals surface area contributed by atoms with Gasteiger partial charge in [-0.15, -0.1) is 0 Å². The fraction of sp³-hybridized carbons (Fsp3) is 0.588. The number of carbonyl (C=O) groups excluding carboxylic acids is 1. The molecule has 2 saturated heterocycles. The topological polar surface area (TPSA) is 54.0 Å². The maximum Gasteiger partial charge on any atom is 0.260 e. The number of nitrogens with one attached hydrogen (secondary N) is 1. The molecule has 2 heterocycles. The number of hydrogen-bond donors (Lipinski definition) is 1. The molecule has 0 radical (unpaired) electrons. The molecule has 0 bridgehead atoms. The molecule has 0 spiro atoms. The summed E-state index contributed by atoms with van der Waals surface area (Å²) in [7, 11) is 1.62. The van der Waals surface area contributed by atoms with Crippen molar-refractivity contribution in [1.29, 1.82) is 0 Å². The molecule has 0 saturated carbocycles. The molecule has 1 N–H and O–H groups in total. The highest BCUT2D eigenvalue weighted by atomic mass is 16.5. The summed E-state index contributed by atoms with van der Waals surface area (Å²) in [4.78, 5) is 16.8. The van der Waals surface area contributed by atoms with Gasteiger partial charge in [-0.2, -0.15) is 0 Å². The SMILES string of the molecule is COc1cccc(OCC(=O)N2CCC(N3CCNCC3)C2)c1. The largest absolute Gasteiger partial charge is 0.497 e. The third-order valence-corrected chi connectivity index (χ3v) is 4.59. The molecule has 6 heteroatoms. The first-order chi connectivity index (χ1) is 11.3. The van der Waals surface area contributed by atoms with Crippen molar-refractivity contribution in [3.63, 3.8) is 0 Å². The Balaban J connectivity index is 1.47. The van der Waals surface area contributed by atoms with E-state index >= 15 is 0 Å². The summed E-state index contributed by atoms with van der Waals surface area (Å²) in [5.74, 6) is 1.45. The first kappa shape index (κ1) is 16.1. The fourth-order valence-electron chi connectivity index (χ4n) is 3.24. The van der Waals surface area contributed by atoms with Crippen molar-refractivity contribution in [1.82, 2.24) is 15.1 Å². The molecular formula is C17H25N3O3. The average Bonchev–Trinajstić information content (AvgIpc) is 3.11. The zero-order chi connectivity index (χ0) is 16.1. The van der Waals surface area contributed by atoms with Crippen LogP contribution in [0.5, 0.6) is 11.5 Å². The highest BCUT2D eigenvalue weighted by molar-refractivity contribution is 5.78. The molecule has 1 atom stereocenters. The first-order valence-electron chi connectivity index (χ1n) is 8.25. The second-order valence-electron chi connectivity index (χ2n) is 6.04. The number of methoxy groups -OCH3 is 1. The number of carbonyl (C=O) groups is 1. The van der Waals surface area contributed by atoms with Gasteiger partial charge in [-0.05, 0) is 18.6 Å². The Labute approximate surface area is 137 Å². The Hall–Kier alpha value is -1.79. The van der Waals surface area contributed by atoms with Gasteiger partial charge >= 0.3 is 0 Å². The van der Waals surface area contributed by atoms with Gasteiger partial charge in [0.1, 0.15) is 11.5 Å². The van der Waals surface area contributed by atoms with E-state index < -0.39 is 0 Å². The van der Waals surface area contributed by atoms with Crippen molar-refractivity contribution in [2.45, 2.75) is 12.5 Å². The van der Waals surface area contributed by atoms with Gasteiger partial charge in [0.2, 0.25) is 0 Å². The quantitative estimate of drug-likeness (QED) is 0.860. The standard InChI is InChI=1S/C17H25N3O3/c1-22-15-3-2-4-16(11-15)23-13-17(21)20-8-5-14(12-20)19-9-6-18-7-10-19/h2-4,11,14,18H,5-10,12-13H2,1H3. The van der Waals surface area contributed by atoms with Crippen molar-refractivity contribution < 1.29 is 14.3 Å². The Bertz CT molecular complexity index is 532. The highest BCUT2D eigenvalue weighted by Crippen LogP contribution is 2.20. The monoisotopic (exact) mass is 319 g/mol. The molecule has 126 valence electrons. The second kappa shape index (κ2) is 7.66. The first-order valence-corrected chi connectivity index (χ1v) is 8.25. The summed E-state index contributed by atoms with van der Waals surface area (Å²) >= 11 is 0. The number of amides is 1. The number of ether oxygens (including phenoxy) is 2. The van der Waals surface area contributed by atoms with Crippen LogP contribution in [0.4, 0.5) is 0 Å². The lowest BCUT2D eigenvalue weighted by molar-refractivity contribution is -0.132. The number of hydrogen-bond acceptors (Lipinski definition) is 5. The lowest BCUT2D eigenvalue weighted by Gasteiger charge is -2.32. The van der Waals surface area contributed by atoms with Gasteiger partial charge in [0.25, 0.3) is 5.91 Å². The van der Waals surface area contributed by atoms with Crippen LogP contribution in [0.2, 0.25) is 0 Å². The zero-order valence-electron chi connectivity index (χ0n) is 13.7. The van der Waals surface area contributed by atoms with Gasteiger partial charge in [0, 0.05) is 51.4 Å². The number of likely N-dealkylation sites (tertiary alicyclic amines) is 1. The highest BCUT2D eigenvalue weighted by Gasteiger charge is 2.30. The second-order valence-corrected chi connectivity index (χ2v) is 6.04. The summed E-state index contributed by atoms with van der Waals surface area (Å²) in [6, 6.07) is 7.84. The average molecular weight is 319 g/mol. The van der Waals surface area contributed by atoms with Crippen LogP contribution < -0.4 is 14.8 Å². The van der Waals surface area contributed by atoms with E-state index in [1.807, 2.05) is 23.1 Å². The summed E-state index contributed by atoms with van der Waals surface area (Å²) in [6.07, 6.45) is 1.06. The molecule has 2 aliphatic rings. The lowest BCUT2D eigenvalue weighted by atomic mass is 10.2. The van der Waals surface area contributed by atoms with Crippen LogP contribution in [-0.2, 0) is 4.79 Å². The van der Waals surface area contributed by atoms with E-state index in [1.165, 1.54) is 0 Å². The maximum atomic E-state index is 12.3. The molecule has 1 aromatic rings. The number of piperazine rings is 1. The van der Waals surface area contributed by atoms with E-state index in [1.54, 1.807) is 13.2 Å². The zero-order valence-corrected chi connectivity index (χ0v) is 13.7. The van der Waals surface area contributed by atoms with Crippen LogP contribution in [-0.4, -0.2) is 74.7 Å². The molecule has 1 aromatic carbocycles. The Morgan fingerprint density at radius 2 is 2.04 bits per heavy atom. The van der Waals surface area contributed by atoms with E-state index in [0.29, 0.717) is 11.8 Å². The molecule has 6 nitrogen and oxygen atoms in total. The van der Waals surface area contributed by atoms with Crippen molar-refractivity contribution in [3.8, 4) is 11.5 Å². The molecule has 1 amide bonds. The minimum absolute atomic E-state index is 0.0606. The van der Waals surface area contributed by atoms with Crippen LogP contribution in [0, 0.1) is 0 Å². The smallest absolute Gasteiger partial charge is 0.260 e. The normalized spacial score (nSPS) is 22.1. The van der Waals surface area contributed by atoms with Crippen molar-refractivity contribution in [2.24, 2.45) is 0 Å². The van der Waals surface area contributed by atoms with Gasteiger partial charge in [-0.1, -0.05) is 6.07 Å². The minimum Gasteiger partial charge on any atom is -0.497 e. The van der Waals surface area contributed by atoms with Gasteiger partial charge in [0.05, 0.1) is 7.11 Å². The Morgan fingerprint density at radius 1 is 1.26 bits per heavy atom. The molecule has 1 unspecified atom stereocenters. The third kappa shape index (κ3) is 4.14. The van der Waals surface area contributed by atoms with Gasteiger partial charge in [0.15, 0.2) is 6.61 Å². The minimum atomic E-state index is 0.0606. The molecule has 0 aromatic heterocycles. The lowest BCUT2D eigenvalue weighted by Crippen LogP contribution is -2.49. The van der Waals surface area contributed by atoms with Crippen molar-refractivity contribution in [2.75, 3.05) is 53.0 Å².